The fourth-order valence-electron chi connectivity index (χ4n) is 1.10. The quantitative estimate of drug-likeness (QED) is 0.896. The van der Waals surface area contributed by atoms with Gasteiger partial charge in [0.25, 0.3) is 0 Å². The molecule has 0 saturated carbocycles. The number of halogens is 4. The van der Waals surface area contributed by atoms with Crippen LogP contribution in [-0.2, 0) is 11.3 Å². The van der Waals surface area contributed by atoms with Crippen LogP contribution in [0.2, 0.25) is 0 Å². The molecule has 1 amide bonds. The van der Waals surface area contributed by atoms with Crippen LogP contribution in [0.15, 0.2) is 22.7 Å². The lowest BCUT2D eigenvalue weighted by atomic mass is 10.1. The number of hydrogen-bond acceptors (Lipinski definition) is 2. The zero-order valence-corrected chi connectivity index (χ0v) is 10.3. The highest BCUT2D eigenvalue weighted by Crippen LogP contribution is 2.20. The van der Waals surface area contributed by atoms with Gasteiger partial charge in [-0.15, -0.1) is 0 Å². The van der Waals surface area contributed by atoms with Crippen molar-refractivity contribution < 1.29 is 27.9 Å². The summed E-state index contributed by atoms with van der Waals surface area (Å²) in [6.07, 6.45) is -4.94. The van der Waals surface area contributed by atoms with Crippen LogP contribution >= 0.6 is 15.9 Å². The molecule has 0 fully saturated rings. The molecule has 0 atom stereocenters. The second kappa shape index (κ2) is 5.38. The summed E-state index contributed by atoms with van der Waals surface area (Å²) >= 11 is 3.02. The van der Waals surface area contributed by atoms with Crippen LogP contribution in [0.4, 0.5) is 13.2 Å². The second-order valence-corrected chi connectivity index (χ2v) is 4.15. The number of amides is 1. The zero-order chi connectivity index (χ0) is 13.9. The Morgan fingerprint density at radius 2 is 1.94 bits per heavy atom. The Morgan fingerprint density at radius 1 is 1.33 bits per heavy atom. The molecule has 98 valence electrons. The molecule has 0 aromatic heterocycles. The minimum absolute atomic E-state index is 0.00669. The first-order valence-electron chi connectivity index (χ1n) is 4.58. The van der Waals surface area contributed by atoms with Crippen molar-refractivity contribution in [2.45, 2.75) is 12.7 Å². The summed E-state index contributed by atoms with van der Waals surface area (Å²) in [5.74, 6) is -3.20. The van der Waals surface area contributed by atoms with Gasteiger partial charge in [-0.05, 0) is 17.7 Å². The zero-order valence-electron chi connectivity index (χ0n) is 8.71. The lowest BCUT2D eigenvalue weighted by molar-refractivity contribution is -0.173. The van der Waals surface area contributed by atoms with Crippen molar-refractivity contribution >= 4 is 27.8 Å². The van der Waals surface area contributed by atoms with Crippen molar-refractivity contribution in [1.29, 1.82) is 0 Å². The van der Waals surface area contributed by atoms with Crippen molar-refractivity contribution in [2.24, 2.45) is 0 Å². The molecule has 0 aliphatic carbocycles. The van der Waals surface area contributed by atoms with Gasteiger partial charge in [-0.2, -0.15) is 13.2 Å². The first kappa shape index (κ1) is 14.5. The molecule has 0 radical (unpaired) electrons. The summed E-state index contributed by atoms with van der Waals surface area (Å²) in [5.41, 5.74) is 0.338. The number of aromatic carboxylic acids is 1. The minimum atomic E-state index is -4.94. The first-order chi connectivity index (χ1) is 8.21. The van der Waals surface area contributed by atoms with Gasteiger partial charge in [-0.1, -0.05) is 22.0 Å². The number of alkyl halides is 3. The largest absolute Gasteiger partial charge is 0.478 e. The predicted molar refractivity (Wildman–Crippen MR) is 59.0 cm³/mol. The number of carboxylic acids is 1. The standard InChI is InChI=1S/C10H7BrF3NO3/c11-7-3-5(8(16)17)1-2-6(7)4-15-9(18)10(12,13)14/h1-3H,4H2,(H,15,18)(H,16,17). The van der Waals surface area contributed by atoms with Crippen LogP contribution < -0.4 is 5.32 Å². The first-order valence-corrected chi connectivity index (χ1v) is 5.38. The number of hydrogen-bond donors (Lipinski definition) is 2. The molecule has 4 nitrogen and oxygen atoms in total. The molecule has 0 unspecified atom stereocenters. The monoisotopic (exact) mass is 325 g/mol. The normalized spacial score (nSPS) is 11.1. The van der Waals surface area contributed by atoms with E-state index in [-0.39, 0.29) is 12.1 Å². The lowest BCUT2D eigenvalue weighted by Gasteiger charge is -2.09. The molecular weight excluding hydrogens is 319 g/mol. The van der Waals surface area contributed by atoms with E-state index < -0.39 is 18.1 Å². The summed E-state index contributed by atoms with van der Waals surface area (Å²) in [7, 11) is 0. The summed E-state index contributed by atoms with van der Waals surface area (Å²) in [6.45, 7) is -0.348. The molecule has 1 aromatic carbocycles. The lowest BCUT2D eigenvalue weighted by Crippen LogP contribution is -2.36. The van der Waals surface area contributed by atoms with Gasteiger partial charge in [0, 0.05) is 11.0 Å². The van der Waals surface area contributed by atoms with Gasteiger partial charge in [0.2, 0.25) is 0 Å². The van der Waals surface area contributed by atoms with Crippen molar-refractivity contribution in [1.82, 2.24) is 5.32 Å². The SMILES string of the molecule is O=C(O)c1ccc(CNC(=O)C(F)(F)F)c(Br)c1. The van der Waals surface area contributed by atoms with Gasteiger partial charge < -0.3 is 10.4 Å². The van der Waals surface area contributed by atoms with Gasteiger partial charge in [-0.3, -0.25) is 4.79 Å². The maximum Gasteiger partial charge on any atom is 0.471 e. The number of carboxylic acid groups (broad SMARTS) is 1. The van der Waals surface area contributed by atoms with Crippen molar-refractivity contribution in [3.8, 4) is 0 Å². The number of nitrogens with one attached hydrogen (secondary N) is 1. The summed E-state index contributed by atoms with van der Waals surface area (Å²) in [4.78, 5) is 21.2. The molecule has 0 heterocycles. The predicted octanol–water partition coefficient (Wildman–Crippen LogP) is 2.33. The van der Waals surface area contributed by atoms with E-state index in [1.807, 2.05) is 0 Å². The number of carbonyl (C=O) groups is 2. The van der Waals surface area contributed by atoms with E-state index in [1.54, 1.807) is 5.32 Å². The van der Waals surface area contributed by atoms with E-state index in [9.17, 15) is 22.8 Å². The molecule has 1 rings (SSSR count). The average Bonchev–Trinajstić information content (AvgIpc) is 2.25. The van der Waals surface area contributed by atoms with Gasteiger partial charge in [-0.25, -0.2) is 4.79 Å². The van der Waals surface area contributed by atoms with Crippen LogP contribution in [0.1, 0.15) is 15.9 Å². The molecule has 0 aliphatic rings. The topological polar surface area (TPSA) is 66.4 Å². The highest BCUT2D eigenvalue weighted by Gasteiger charge is 2.38. The molecule has 0 bridgehead atoms. The van der Waals surface area contributed by atoms with Crippen LogP contribution in [0.5, 0.6) is 0 Å². The van der Waals surface area contributed by atoms with Crippen LogP contribution in [0, 0.1) is 0 Å². The molecule has 18 heavy (non-hydrogen) atoms. The van der Waals surface area contributed by atoms with Crippen LogP contribution in [-0.4, -0.2) is 23.2 Å². The van der Waals surface area contributed by atoms with Gasteiger partial charge >= 0.3 is 18.1 Å². The van der Waals surface area contributed by atoms with Gasteiger partial charge in [0.1, 0.15) is 0 Å². The minimum Gasteiger partial charge on any atom is -0.478 e. The third kappa shape index (κ3) is 3.73. The third-order valence-electron chi connectivity index (χ3n) is 2.00. The Hall–Kier alpha value is -1.57. The molecule has 0 aliphatic heterocycles. The maximum atomic E-state index is 11.9. The summed E-state index contributed by atoms with van der Waals surface area (Å²) < 4.78 is 36.1. The second-order valence-electron chi connectivity index (χ2n) is 3.29. The summed E-state index contributed by atoms with van der Waals surface area (Å²) in [5, 5.41) is 10.4. The van der Waals surface area contributed by atoms with Crippen LogP contribution in [0.25, 0.3) is 0 Å². The maximum absolute atomic E-state index is 11.9. The molecule has 0 saturated heterocycles. The summed E-state index contributed by atoms with van der Waals surface area (Å²) in [6, 6.07) is 3.81. The van der Waals surface area contributed by atoms with E-state index in [0.29, 0.717) is 10.0 Å². The third-order valence-corrected chi connectivity index (χ3v) is 2.74. The highest BCUT2D eigenvalue weighted by atomic mass is 79.9. The van der Waals surface area contributed by atoms with Crippen molar-refractivity contribution in [3.63, 3.8) is 0 Å². The number of rotatable bonds is 3. The van der Waals surface area contributed by atoms with E-state index in [0.717, 1.165) is 0 Å². The molecule has 0 spiro atoms. The Balaban J connectivity index is 2.75. The van der Waals surface area contributed by atoms with Crippen molar-refractivity contribution in [2.75, 3.05) is 0 Å². The molecule has 2 N–H and O–H groups in total. The number of benzene rings is 1. The Kier molecular flexibility index (Phi) is 4.33. The van der Waals surface area contributed by atoms with E-state index in [1.165, 1.54) is 18.2 Å². The Morgan fingerprint density at radius 3 is 2.39 bits per heavy atom. The van der Waals surface area contributed by atoms with Gasteiger partial charge in [0.15, 0.2) is 0 Å². The smallest absolute Gasteiger partial charge is 0.471 e. The fourth-order valence-corrected chi connectivity index (χ4v) is 1.62. The van der Waals surface area contributed by atoms with E-state index in [2.05, 4.69) is 15.9 Å². The number of carbonyl (C=O) groups excluding carboxylic acids is 1. The van der Waals surface area contributed by atoms with E-state index in [4.69, 9.17) is 5.11 Å². The molecule has 1 aromatic rings. The van der Waals surface area contributed by atoms with Crippen LogP contribution in [0.3, 0.4) is 0 Å². The average molecular weight is 326 g/mol. The van der Waals surface area contributed by atoms with Gasteiger partial charge in [0.05, 0.1) is 5.56 Å². The Labute approximate surface area is 108 Å². The van der Waals surface area contributed by atoms with E-state index >= 15 is 0 Å². The highest BCUT2D eigenvalue weighted by molar-refractivity contribution is 9.10. The Bertz CT molecular complexity index is 488. The molecular formula is C10H7BrF3NO3. The molecule has 8 heteroatoms. The fraction of sp³-hybridized carbons (Fsp3) is 0.200. The van der Waals surface area contributed by atoms with Crippen molar-refractivity contribution in [3.05, 3.63) is 33.8 Å².